The summed E-state index contributed by atoms with van der Waals surface area (Å²) in [4.78, 5) is 8.13. The van der Waals surface area contributed by atoms with Crippen LogP contribution in [0.1, 0.15) is 18.8 Å². The Hall–Kier alpha value is -2.29. The summed E-state index contributed by atoms with van der Waals surface area (Å²) < 4.78 is 0. The van der Waals surface area contributed by atoms with Gasteiger partial charge in [0.1, 0.15) is 5.82 Å². The molecule has 1 atom stereocenters. The second-order valence-electron chi connectivity index (χ2n) is 3.61. The van der Waals surface area contributed by atoms with E-state index in [1.54, 1.807) is 6.20 Å². The molecule has 0 saturated heterocycles. The van der Waals surface area contributed by atoms with Gasteiger partial charge >= 0.3 is 0 Å². The lowest BCUT2D eigenvalue weighted by atomic mass is 10.3. The minimum atomic E-state index is -0.173. The lowest BCUT2D eigenvalue weighted by Crippen LogP contribution is -2.10. The number of rotatable bonds is 3. The van der Waals surface area contributed by atoms with E-state index in [-0.39, 0.29) is 11.3 Å². The van der Waals surface area contributed by atoms with Gasteiger partial charge in [0.15, 0.2) is 11.5 Å². The van der Waals surface area contributed by atoms with E-state index in [0.29, 0.717) is 17.3 Å². The highest BCUT2D eigenvalue weighted by atomic mass is 35.5. The molecule has 3 rings (SSSR count). The van der Waals surface area contributed by atoms with Crippen LogP contribution in [0.4, 0.5) is 5.82 Å². The quantitative estimate of drug-likeness (QED) is 0.596. The van der Waals surface area contributed by atoms with Crippen LogP contribution in [-0.4, -0.2) is 40.8 Å². The van der Waals surface area contributed by atoms with Crippen molar-refractivity contribution in [2.75, 3.05) is 5.32 Å². The Kier molecular flexibility index (Phi) is 2.52. The summed E-state index contributed by atoms with van der Waals surface area (Å²) >= 11 is 5.83. The highest BCUT2D eigenvalue weighted by Gasteiger charge is 2.14. The molecule has 3 aromatic heterocycles. The molecule has 0 aliphatic carbocycles. The summed E-state index contributed by atoms with van der Waals surface area (Å²) in [6.45, 7) is 1.88. The van der Waals surface area contributed by atoms with Crippen molar-refractivity contribution < 1.29 is 0 Å². The van der Waals surface area contributed by atoms with Crippen LogP contribution >= 0.6 is 11.6 Å². The molecule has 0 fully saturated rings. The van der Waals surface area contributed by atoms with Crippen molar-refractivity contribution in [3.63, 3.8) is 0 Å². The smallest absolute Gasteiger partial charge is 0.226 e. The zero-order chi connectivity index (χ0) is 12.5. The molecule has 0 bridgehead atoms. The summed E-state index contributed by atoms with van der Waals surface area (Å²) in [5.74, 6) is 1.09. The molecule has 1 unspecified atom stereocenters. The molecule has 0 radical (unpaired) electrons. The number of halogens is 1. The highest BCUT2D eigenvalue weighted by molar-refractivity contribution is 6.28. The van der Waals surface area contributed by atoms with E-state index < -0.39 is 0 Å². The molecule has 10 heteroatoms. The predicted octanol–water partition coefficient (Wildman–Crippen LogP) is 0.692. The molecule has 0 amide bonds. The van der Waals surface area contributed by atoms with Crippen molar-refractivity contribution in [1.82, 2.24) is 40.8 Å². The molecule has 0 spiro atoms. The molecular formula is C8H8ClN9. The maximum atomic E-state index is 5.83. The first-order chi connectivity index (χ1) is 8.74. The van der Waals surface area contributed by atoms with Crippen LogP contribution in [0.5, 0.6) is 0 Å². The van der Waals surface area contributed by atoms with Crippen LogP contribution in [0.3, 0.4) is 0 Å². The van der Waals surface area contributed by atoms with Crippen LogP contribution in [0.15, 0.2) is 6.20 Å². The maximum Gasteiger partial charge on any atom is 0.226 e. The number of H-pyrrole nitrogens is 2. The number of nitrogens with one attached hydrogen (secondary N) is 3. The largest absolute Gasteiger partial charge is 0.359 e. The Labute approximate surface area is 105 Å². The number of fused-ring (bicyclic) bond motifs is 1. The van der Waals surface area contributed by atoms with Crippen molar-refractivity contribution in [3.8, 4) is 0 Å². The van der Waals surface area contributed by atoms with Crippen molar-refractivity contribution in [2.45, 2.75) is 13.0 Å². The normalized spacial score (nSPS) is 12.8. The van der Waals surface area contributed by atoms with Gasteiger partial charge in [0.05, 0.1) is 17.6 Å². The minimum Gasteiger partial charge on any atom is -0.359 e. The van der Waals surface area contributed by atoms with E-state index in [0.717, 1.165) is 5.39 Å². The van der Waals surface area contributed by atoms with Gasteiger partial charge in [-0.15, -0.1) is 10.2 Å². The molecule has 0 aliphatic rings. The van der Waals surface area contributed by atoms with Crippen LogP contribution in [0.2, 0.25) is 5.28 Å². The van der Waals surface area contributed by atoms with Crippen LogP contribution < -0.4 is 5.32 Å². The lowest BCUT2D eigenvalue weighted by Gasteiger charge is -2.10. The third-order valence-corrected chi connectivity index (χ3v) is 2.55. The number of nitrogens with zero attached hydrogens (tertiary/aromatic N) is 6. The molecule has 0 saturated carbocycles. The van der Waals surface area contributed by atoms with Crippen LogP contribution in [0, 0.1) is 0 Å². The average Bonchev–Trinajstić information content (AvgIpc) is 2.98. The summed E-state index contributed by atoms with van der Waals surface area (Å²) in [6, 6.07) is -0.173. The van der Waals surface area contributed by atoms with Gasteiger partial charge in [-0.3, -0.25) is 5.10 Å². The van der Waals surface area contributed by atoms with Crippen molar-refractivity contribution in [2.24, 2.45) is 0 Å². The summed E-state index contributed by atoms with van der Waals surface area (Å²) in [6.07, 6.45) is 1.62. The topological polar surface area (TPSA) is 121 Å². The SMILES string of the molecule is CC(Nc1nc(Cl)nc2[nH]ncc12)c1nn[nH]n1. The Bertz CT molecular complexity index is 660. The molecule has 0 aromatic carbocycles. The minimum absolute atomic E-state index is 0.134. The van der Waals surface area contributed by atoms with Crippen molar-refractivity contribution in [3.05, 3.63) is 17.3 Å². The predicted molar refractivity (Wildman–Crippen MR) is 62.9 cm³/mol. The third kappa shape index (κ3) is 1.84. The van der Waals surface area contributed by atoms with E-state index in [4.69, 9.17) is 11.6 Å². The van der Waals surface area contributed by atoms with Crippen molar-refractivity contribution >= 4 is 28.5 Å². The molecule has 9 nitrogen and oxygen atoms in total. The molecule has 3 aromatic rings. The second-order valence-corrected chi connectivity index (χ2v) is 3.95. The first-order valence-electron chi connectivity index (χ1n) is 5.10. The van der Waals surface area contributed by atoms with Gasteiger partial charge in [-0.25, -0.2) is 0 Å². The van der Waals surface area contributed by atoms with E-state index in [2.05, 4.69) is 46.1 Å². The number of tetrazole rings is 1. The molecular weight excluding hydrogens is 258 g/mol. The van der Waals surface area contributed by atoms with Crippen molar-refractivity contribution in [1.29, 1.82) is 0 Å². The molecule has 3 N–H and O–H groups in total. The van der Waals surface area contributed by atoms with E-state index in [1.165, 1.54) is 0 Å². The van der Waals surface area contributed by atoms with E-state index in [9.17, 15) is 0 Å². The van der Waals surface area contributed by atoms with Gasteiger partial charge in [-0.2, -0.15) is 20.3 Å². The van der Waals surface area contributed by atoms with Gasteiger partial charge in [-0.05, 0) is 18.5 Å². The Balaban J connectivity index is 1.97. The molecule has 18 heavy (non-hydrogen) atoms. The van der Waals surface area contributed by atoms with Gasteiger partial charge in [0.2, 0.25) is 5.28 Å². The number of aromatic amines is 2. The fourth-order valence-corrected chi connectivity index (χ4v) is 1.71. The number of anilines is 1. The first-order valence-corrected chi connectivity index (χ1v) is 5.48. The Morgan fingerprint density at radius 3 is 3.06 bits per heavy atom. The van der Waals surface area contributed by atoms with Gasteiger partial charge in [-0.1, -0.05) is 5.21 Å². The second kappa shape index (κ2) is 4.18. The molecule has 3 heterocycles. The van der Waals surface area contributed by atoms with Gasteiger partial charge < -0.3 is 5.32 Å². The summed E-state index contributed by atoms with van der Waals surface area (Å²) in [5, 5.41) is 24.3. The Morgan fingerprint density at radius 2 is 2.28 bits per heavy atom. The third-order valence-electron chi connectivity index (χ3n) is 2.38. The fourth-order valence-electron chi connectivity index (χ4n) is 1.54. The summed E-state index contributed by atoms with van der Waals surface area (Å²) in [7, 11) is 0. The molecule has 0 aliphatic heterocycles. The zero-order valence-electron chi connectivity index (χ0n) is 9.22. The van der Waals surface area contributed by atoms with Gasteiger partial charge in [0.25, 0.3) is 0 Å². The maximum absolute atomic E-state index is 5.83. The lowest BCUT2D eigenvalue weighted by molar-refractivity contribution is 0.789. The number of hydrogen-bond acceptors (Lipinski definition) is 7. The summed E-state index contributed by atoms with van der Waals surface area (Å²) in [5.41, 5.74) is 0.567. The standard InChI is InChI=1S/C8H8ClN9/c1-3(5-15-17-18-16-5)11-6-4-2-10-14-7(4)13-8(9)12-6/h2-3H,1H3,(H,15,16,17,18)(H2,10,11,12,13,14). The average molecular weight is 266 g/mol. The Morgan fingerprint density at radius 1 is 1.39 bits per heavy atom. The van der Waals surface area contributed by atoms with Gasteiger partial charge in [0, 0.05) is 0 Å². The first kappa shape index (κ1) is 10.8. The van der Waals surface area contributed by atoms with E-state index in [1.807, 2.05) is 6.92 Å². The number of aromatic nitrogens is 8. The monoisotopic (exact) mass is 265 g/mol. The zero-order valence-corrected chi connectivity index (χ0v) is 9.97. The van der Waals surface area contributed by atoms with E-state index >= 15 is 0 Å². The fraction of sp³-hybridized carbons (Fsp3) is 0.250. The number of hydrogen-bond donors (Lipinski definition) is 3. The highest BCUT2D eigenvalue weighted by Crippen LogP contribution is 2.23. The van der Waals surface area contributed by atoms with Crippen LogP contribution in [0.25, 0.3) is 11.0 Å². The molecule has 92 valence electrons. The van der Waals surface area contributed by atoms with Crippen LogP contribution in [-0.2, 0) is 0 Å².